The first-order valence-electron chi connectivity index (χ1n) is 6.01. The van der Waals surface area contributed by atoms with Crippen LogP contribution in [0.4, 0.5) is 0 Å². The van der Waals surface area contributed by atoms with Crippen molar-refractivity contribution < 1.29 is 4.79 Å². The number of aryl methyl sites for hydroxylation is 1. The molecule has 4 heteroatoms. The molecule has 0 unspecified atom stereocenters. The minimum atomic E-state index is 0.125. The van der Waals surface area contributed by atoms with Gasteiger partial charge in [0.1, 0.15) is 0 Å². The highest BCUT2D eigenvalue weighted by atomic mass is 16.2. The Kier molecular flexibility index (Phi) is 3.27. The fourth-order valence-corrected chi connectivity index (χ4v) is 1.89. The van der Waals surface area contributed by atoms with Crippen molar-refractivity contribution >= 4 is 5.91 Å². The maximum atomic E-state index is 12.2. The lowest BCUT2D eigenvalue weighted by Gasteiger charge is -2.21. The molecule has 0 saturated heterocycles. The minimum absolute atomic E-state index is 0.125. The van der Waals surface area contributed by atoms with Crippen molar-refractivity contribution in [1.82, 2.24) is 15.1 Å². The van der Waals surface area contributed by atoms with Gasteiger partial charge in [0.05, 0.1) is 11.8 Å². The van der Waals surface area contributed by atoms with Crippen LogP contribution in [0.2, 0.25) is 0 Å². The second-order valence-electron chi connectivity index (χ2n) is 4.60. The van der Waals surface area contributed by atoms with Crippen molar-refractivity contribution in [3.05, 3.63) is 17.5 Å². The largest absolute Gasteiger partial charge is 0.338 e. The number of hydrogen-bond donors (Lipinski definition) is 1. The summed E-state index contributed by atoms with van der Waals surface area (Å²) in [4.78, 5) is 14.2. The number of nitrogens with one attached hydrogen (secondary N) is 1. The fraction of sp³-hybridized carbons (Fsp3) is 0.667. The van der Waals surface area contributed by atoms with Gasteiger partial charge in [-0.05, 0) is 32.1 Å². The summed E-state index contributed by atoms with van der Waals surface area (Å²) in [5.74, 6) is 0.864. The second kappa shape index (κ2) is 4.68. The molecule has 16 heavy (non-hydrogen) atoms. The average molecular weight is 221 g/mol. The molecule has 1 N–H and O–H groups in total. The lowest BCUT2D eigenvalue weighted by Crippen LogP contribution is -2.33. The number of rotatable bonds is 5. The lowest BCUT2D eigenvalue weighted by molar-refractivity contribution is 0.0747. The third-order valence-electron chi connectivity index (χ3n) is 3.02. The van der Waals surface area contributed by atoms with Crippen LogP contribution in [0.15, 0.2) is 6.20 Å². The predicted octanol–water partition coefficient (Wildman–Crippen LogP) is 1.98. The Morgan fingerprint density at radius 1 is 1.62 bits per heavy atom. The summed E-state index contributed by atoms with van der Waals surface area (Å²) in [5.41, 5.74) is 1.58. The number of carbonyl (C=O) groups excluding carboxylic acids is 1. The Hall–Kier alpha value is -1.32. The topological polar surface area (TPSA) is 49.0 Å². The van der Waals surface area contributed by atoms with Crippen LogP contribution in [0.3, 0.4) is 0 Å². The first-order chi connectivity index (χ1) is 7.72. The molecule has 0 radical (unpaired) electrons. The number of carbonyl (C=O) groups is 1. The molecule has 2 rings (SSSR count). The van der Waals surface area contributed by atoms with Gasteiger partial charge in [0, 0.05) is 18.8 Å². The monoisotopic (exact) mass is 221 g/mol. The second-order valence-corrected chi connectivity index (χ2v) is 4.60. The molecule has 1 fully saturated rings. The van der Waals surface area contributed by atoms with E-state index < -0.39 is 0 Å². The number of H-pyrrole nitrogens is 1. The fourth-order valence-electron chi connectivity index (χ4n) is 1.89. The number of aromatic nitrogens is 2. The molecule has 0 bridgehead atoms. The van der Waals surface area contributed by atoms with Crippen LogP contribution in [0, 0.1) is 12.8 Å². The summed E-state index contributed by atoms with van der Waals surface area (Å²) in [6.45, 7) is 5.76. The molecule has 1 heterocycles. The highest BCUT2D eigenvalue weighted by molar-refractivity contribution is 5.95. The van der Waals surface area contributed by atoms with E-state index in [-0.39, 0.29) is 5.91 Å². The smallest absolute Gasteiger partial charge is 0.257 e. The Balaban J connectivity index is 2.06. The van der Waals surface area contributed by atoms with Crippen LogP contribution >= 0.6 is 0 Å². The highest BCUT2D eigenvalue weighted by Gasteiger charge is 2.27. The van der Waals surface area contributed by atoms with E-state index in [1.165, 1.54) is 12.8 Å². The summed E-state index contributed by atoms with van der Waals surface area (Å²) in [6, 6.07) is 0. The third kappa shape index (κ3) is 2.43. The third-order valence-corrected chi connectivity index (χ3v) is 3.02. The van der Waals surface area contributed by atoms with Crippen molar-refractivity contribution in [2.45, 2.75) is 33.1 Å². The van der Waals surface area contributed by atoms with Crippen molar-refractivity contribution in [1.29, 1.82) is 0 Å². The van der Waals surface area contributed by atoms with Crippen LogP contribution in [0.5, 0.6) is 0 Å². The zero-order valence-corrected chi connectivity index (χ0v) is 9.99. The van der Waals surface area contributed by atoms with Gasteiger partial charge in [-0.2, -0.15) is 5.10 Å². The molecule has 0 aliphatic heterocycles. The van der Waals surface area contributed by atoms with E-state index in [0.29, 0.717) is 5.56 Å². The van der Waals surface area contributed by atoms with Crippen LogP contribution in [0.25, 0.3) is 0 Å². The standard InChI is InChI=1S/C12H19N3O/c1-3-6-15(8-10-4-5-10)12(16)11-7-13-14-9(11)2/h7,10H,3-6,8H2,1-2H3,(H,13,14). The molecule has 0 aromatic carbocycles. The molecule has 1 aromatic heterocycles. The van der Waals surface area contributed by atoms with Crippen LogP contribution in [-0.4, -0.2) is 34.1 Å². The molecule has 1 amide bonds. The normalized spacial score (nSPS) is 15.1. The maximum absolute atomic E-state index is 12.2. The highest BCUT2D eigenvalue weighted by Crippen LogP contribution is 2.30. The number of amides is 1. The van der Waals surface area contributed by atoms with Gasteiger partial charge >= 0.3 is 0 Å². The van der Waals surface area contributed by atoms with Crippen LogP contribution < -0.4 is 0 Å². The zero-order chi connectivity index (χ0) is 11.5. The van der Waals surface area contributed by atoms with Gasteiger partial charge in [-0.1, -0.05) is 6.92 Å². The molecule has 88 valence electrons. The summed E-state index contributed by atoms with van der Waals surface area (Å²) in [7, 11) is 0. The van der Waals surface area contributed by atoms with Gasteiger partial charge in [-0.15, -0.1) is 0 Å². The van der Waals surface area contributed by atoms with E-state index >= 15 is 0 Å². The Labute approximate surface area is 96.0 Å². The molecular formula is C12H19N3O. The summed E-state index contributed by atoms with van der Waals surface area (Å²) in [6.07, 6.45) is 5.19. The van der Waals surface area contributed by atoms with E-state index in [2.05, 4.69) is 17.1 Å². The van der Waals surface area contributed by atoms with Crippen molar-refractivity contribution in [2.75, 3.05) is 13.1 Å². The van der Waals surface area contributed by atoms with Crippen LogP contribution in [-0.2, 0) is 0 Å². The first kappa shape index (κ1) is 11.2. The Bertz CT molecular complexity index is 368. The molecule has 1 aliphatic carbocycles. The number of nitrogens with zero attached hydrogens (tertiary/aromatic N) is 2. The number of hydrogen-bond acceptors (Lipinski definition) is 2. The van der Waals surface area contributed by atoms with Gasteiger partial charge in [0.15, 0.2) is 0 Å². The Morgan fingerprint density at radius 3 is 2.88 bits per heavy atom. The summed E-state index contributed by atoms with van der Waals surface area (Å²) >= 11 is 0. The molecule has 4 nitrogen and oxygen atoms in total. The average Bonchev–Trinajstić information content (AvgIpc) is 2.98. The molecule has 1 aliphatic rings. The molecule has 1 saturated carbocycles. The zero-order valence-electron chi connectivity index (χ0n) is 9.99. The van der Waals surface area contributed by atoms with E-state index in [0.717, 1.165) is 31.1 Å². The van der Waals surface area contributed by atoms with Crippen molar-refractivity contribution in [2.24, 2.45) is 5.92 Å². The Morgan fingerprint density at radius 2 is 2.38 bits per heavy atom. The summed E-state index contributed by atoms with van der Waals surface area (Å²) in [5, 5.41) is 6.73. The van der Waals surface area contributed by atoms with Crippen molar-refractivity contribution in [3.63, 3.8) is 0 Å². The van der Waals surface area contributed by atoms with Gasteiger partial charge in [0.25, 0.3) is 5.91 Å². The van der Waals surface area contributed by atoms with Gasteiger partial charge in [-0.25, -0.2) is 0 Å². The summed E-state index contributed by atoms with van der Waals surface area (Å²) < 4.78 is 0. The van der Waals surface area contributed by atoms with Crippen molar-refractivity contribution in [3.8, 4) is 0 Å². The lowest BCUT2D eigenvalue weighted by atomic mass is 10.2. The quantitative estimate of drug-likeness (QED) is 0.826. The minimum Gasteiger partial charge on any atom is -0.338 e. The van der Waals surface area contributed by atoms with E-state index in [9.17, 15) is 4.79 Å². The number of aromatic amines is 1. The SMILES string of the molecule is CCCN(CC1CC1)C(=O)c1cn[nH]c1C. The van der Waals surface area contributed by atoms with Crippen LogP contribution in [0.1, 0.15) is 42.2 Å². The van der Waals surface area contributed by atoms with Gasteiger partial charge in [0.2, 0.25) is 0 Å². The first-order valence-corrected chi connectivity index (χ1v) is 6.01. The molecule has 0 spiro atoms. The van der Waals surface area contributed by atoms with E-state index in [1.807, 2.05) is 11.8 Å². The van der Waals surface area contributed by atoms with E-state index in [1.54, 1.807) is 6.20 Å². The van der Waals surface area contributed by atoms with Gasteiger partial charge in [-0.3, -0.25) is 9.89 Å². The molecule has 1 aromatic rings. The molecular weight excluding hydrogens is 202 g/mol. The van der Waals surface area contributed by atoms with E-state index in [4.69, 9.17) is 0 Å². The predicted molar refractivity (Wildman–Crippen MR) is 62.2 cm³/mol. The van der Waals surface area contributed by atoms with Gasteiger partial charge < -0.3 is 4.90 Å². The maximum Gasteiger partial charge on any atom is 0.257 e. The molecule has 0 atom stereocenters.